The molecule has 0 saturated heterocycles. The molecule has 1 amide bonds. The Labute approximate surface area is 157 Å². The van der Waals surface area contributed by atoms with Crippen molar-refractivity contribution < 1.29 is 9.53 Å². The van der Waals surface area contributed by atoms with E-state index in [4.69, 9.17) is 16.3 Å². The number of methoxy groups -OCH3 is 1. The standard InChI is InChI=1S/C19H21ClN4O2/c1-11-9-18-21-12(2)15(13(3)24(18)23-11)6-8-19(25)22-16-10-14(20)5-7-17(16)26-4/h5,7,9-10H,6,8H2,1-4H3,(H,22,25). The van der Waals surface area contributed by atoms with Gasteiger partial charge in [-0.05, 0) is 51.0 Å². The van der Waals surface area contributed by atoms with Gasteiger partial charge in [-0.25, -0.2) is 9.50 Å². The first kappa shape index (κ1) is 18.2. The molecule has 1 N–H and O–H groups in total. The van der Waals surface area contributed by atoms with Crippen molar-refractivity contribution in [3.8, 4) is 5.75 Å². The number of carbonyl (C=O) groups excluding carboxylic acids is 1. The molecule has 3 aromatic rings. The minimum Gasteiger partial charge on any atom is -0.495 e. The zero-order chi connectivity index (χ0) is 18.8. The Bertz CT molecular complexity index is 981. The minimum absolute atomic E-state index is 0.110. The molecule has 1 aromatic carbocycles. The fourth-order valence-electron chi connectivity index (χ4n) is 3.03. The van der Waals surface area contributed by atoms with Crippen molar-refractivity contribution in [2.45, 2.75) is 33.6 Å². The van der Waals surface area contributed by atoms with E-state index in [0.29, 0.717) is 29.3 Å². The summed E-state index contributed by atoms with van der Waals surface area (Å²) in [5, 5.41) is 7.86. The predicted octanol–water partition coefficient (Wildman–Crippen LogP) is 3.89. The number of anilines is 1. The summed E-state index contributed by atoms with van der Waals surface area (Å²) in [6.45, 7) is 5.90. The molecule has 0 unspecified atom stereocenters. The largest absolute Gasteiger partial charge is 0.495 e. The van der Waals surface area contributed by atoms with Gasteiger partial charge in [0.2, 0.25) is 5.91 Å². The maximum atomic E-state index is 12.4. The number of nitrogens with zero attached hydrogens (tertiary/aromatic N) is 3. The molecular weight excluding hydrogens is 352 g/mol. The number of hydrogen-bond acceptors (Lipinski definition) is 4. The summed E-state index contributed by atoms with van der Waals surface area (Å²) < 4.78 is 7.09. The Morgan fingerprint density at radius 1 is 1.27 bits per heavy atom. The van der Waals surface area contributed by atoms with E-state index in [-0.39, 0.29) is 5.91 Å². The second kappa shape index (κ2) is 7.33. The summed E-state index contributed by atoms with van der Waals surface area (Å²) in [5.74, 6) is 0.464. The summed E-state index contributed by atoms with van der Waals surface area (Å²) in [6, 6.07) is 7.07. The molecule has 0 aliphatic rings. The topological polar surface area (TPSA) is 68.5 Å². The molecule has 7 heteroatoms. The van der Waals surface area contributed by atoms with Crippen molar-refractivity contribution in [1.29, 1.82) is 0 Å². The van der Waals surface area contributed by atoms with Crippen molar-refractivity contribution in [2.24, 2.45) is 0 Å². The number of ether oxygens (including phenoxy) is 1. The summed E-state index contributed by atoms with van der Waals surface area (Å²) in [4.78, 5) is 17.0. The third-order valence-electron chi connectivity index (χ3n) is 4.32. The van der Waals surface area contributed by atoms with Crippen LogP contribution in [0, 0.1) is 20.8 Å². The summed E-state index contributed by atoms with van der Waals surface area (Å²) in [7, 11) is 1.55. The second-order valence-corrected chi connectivity index (χ2v) is 6.65. The highest BCUT2D eigenvalue weighted by Gasteiger charge is 2.14. The maximum absolute atomic E-state index is 12.4. The number of fused-ring (bicyclic) bond motifs is 1. The van der Waals surface area contributed by atoms with Crippen molar-refractivity contribution in [1.82, 2.24) is 14.6 Å². The Morgan fingerprint density at radius 3 is 2.77 bits per heavy atom. The van der Waals surface area contributed by atoms with Crippen LogP contribution in [0.25, 0.3) is 5.65 Å². The zero-order valence-electron chi connectivity index (χ0n) is 15.3. The molecule has 0 fully saturated rings. The summed E-state index contributed by atoms with van der Waals surface area (Å²) in [5.41, 5.74) is 5.28. The highest BCUT2D eigenvalue weighted by Crippen LogP contribution is 2.28. The van der Waals surface area contributed by atoms with Crippen LogP contribution >= 0.6 is 11.6 Å². The lowest BCUT2D eigenvalue weighted by Gasteiger charge is -2.12. The van der Waals surface area contributed by atoms with Crippen molar-refractivity contribution >= 4 is 28.8 Å². The number of rotatable bonds is 5. The van der Waals surface area contributed by atoms with Crippen LogP contribution in [0.4, 0.5) is 5.69 Å². The molecule has 3 rings (SSSR count). The molecule has 0 atom stereocenters. The molecule has 136 valence electrons. The fourth-order valence-corrected chi connectivity index (χ4v) is 3.20. The molecule has 2 heterocycles. The minimum atomic E-state index is -0.110. The van der Waals surface area contributed by atoms with Crippen LogP contribution in [0.2, 0.25) is 5.02 Å². The van der Waals surface area contributed by atoms with Gasteiger partial charge in [-0.1, -0.05) is 11.6 Å². The number of amides is 1. The molecule has 26 heavy (non-hydrogen) atoms. The van der Waals surface area contributed by atoms with Gasteiger partial charge < -0.3 is 10.1 Å². The average molecular weight is 373 g/mol. The van der Waals surface area contributed by atoms with Gasteiger partial charge >= 0.3 is 0 Å². The fraction of sp³-hybridized carbons (Fsp3) is 0.316. The van der Waals surface area contributed by atoms with Crippen LogP contribution in [0.5, 0.6) is 5.75 Å². The summed E-state index contributed by atoms with van der Waals surface area (Å²) in [6.07, 6.45) is 0.902. The second-order valence-electron chi connectivity index (χ2n) is 6.21. The SMILES string of the molecule is COc1ccc(Cl)cc1NC(=O)CCc1c(C)nc2cc(C)nn2c1C. The van der Waals surface area contributed by atoms with Gasteiger partial charge in [0, 0.05) is 28.9 Å². The first-order valence-electron chi connectivity index (χ1n) is 8.35. The van der Waals surface area contributed by atoms with Crippen molar-refractivity contribution in [3.63, 3.8) is 0 Å². The van der Waals surface area contributed by atoms with Crippen LogP contribution in [-0.4, -0.2) is 27.6 Å². The molecule has 0 saturated carbocycles. The van der Waals surface area contributed by atoms with E-state index in [0.717, 1.165) is 28.3 Å². The number of aromatic nitrogens is 3. The third kappa shape index (κ3) is 3.65. The van der Waals surface area contributed by atoms with E-state index in [1.807, 2.05) is 31.4 Å². The molecule has 0 radical (unpaired) electrons. The number of nitrogens with one attached hydrogen (secondary N) is 1. The van der Waals surface area contributed by atoms with Crippen LogP contribution in [0.3, 0.4) is 0 Å². The highest BCUT2D eigenvalue weighted by molar-refractivity contribution is 6.31. The van der Waals surface area contributed by atoms with Crippen LogP contribution in [-0.2, 0) is 11.2 Å². The maximum Gasteiger partial charge on any atom is 0.224 e. The van der Waals surface area contributed by atoms with Gasteiger partial charge in [0.1, 0.15) is 5.75 Å². The quantitative estimate of drug-likeness (QED) is 0.737. The normalized spacial score (nSPS) is 11.0. The molecule has 0 spiro atoms. The Hall–Kier alpha value is -2.60. The van der Waals surface area contributed by atoms with Gasteiger partial charge in [0.25, 0.3) is 0 Å². The first-order valence-corrected chi connectivity index (χ1v) is 8.72. The lowest BCUT2D eigenvalue weighted by Crippen LogP contribution is -2.15. The lowest BCUT2D eigenvalue weighted by atomic mass is 10.1. The van der Waals surface area contributed by atoms with Gasteiger partial charge in [-0.2, -0.15) is 5.10 Å². The monoisotopic (exact) mass is 372 g/mol. The number of halogens is 1. The number of carbonyl (C=O) groups is 1. The van der Waals surface area contributed by atoms with Crippen molar-refractivity contribution in [2.75, 3.05) is 12.4 Å². The Morgan fingerprint density at radius 2 is 2.04 bits per heavy atom. The van der Waals surface area contributed by atoms with Crippen LogP contribution in [0.1, 0.15) is 29.1 Å². The number of hydrogen-bond donors (Lipinski definition) is 1. The third-order valence-corrected chi connectivity index (χ3v) is 4.56. The molecule has 2 aromatic heterocycles. The van der Waals surface area contributed by atoms with E-state index >= 15 is 0 Å². The molecule has 0 aliphatic carbocycles. The van der Waals surface area contributed by atoms with E-state index < -0.39 is 0 Å². The van der Waals surface area contributed by atoms with Crippen LogP contribution in [0.15, 0.2) is 24.3 Å². The smallest absolute Gasteiger partial charge is 0.224 e. The Kier molecular flexibility index (Phi) is 5.13. The van der Waals surface area contributed by atoms with Gasteiger partial charge in [0.05, 0.1) is 18.5 Å². The Balaban J connectivity index is 1.76. The van der Waals surface area contributed by atoms with E-state index in [2.05, 4.69) is 15.4 Å². The molecule has 0 aliphatic heterocycles. The summed E-state index contributed by atoms with van der Waals surface area (Å²) >= 11 is 6.00. The van der Waals surface area contributed by atoms with E-state index in [9.17, 15) is 4.79 Å². The van der Waals surface area contributed by atoms with E-state index in [1.165, 1.54) is 0 Å². The van der Waals surface area contributed by atoms with Crippen LogP contribution < -0.4 is 10.1 Å². The van der Waals surface area contributed by atoms with Gasteiger partial charge in [-0.3, -0.25) is 4.79 Å². The first-order chi connectivity index (χ1) is 12.4. The zero-order valence-corrected chi connectivity index (χ0v) is 16.0. The average Bonchev–Trinajstić information content (AvgIpc) is 2.95. The number of aryl methyl sites for hydroxylation is 3. The molecule has 6 nitrogen and oxygen atoms in total. The predicted molar refractivity (Wildman–Crippen MR) is 102 cm³/mol. The van der Waals surface area contributed by atoms with Gasteiger partial charge in [-0.15, -0.1) is 0 Å². The highest BCUT2D eigenvalue weighted by atomic mass is 35.5. The number of benzene rings is 1. The lowest BCUT2D eigenvalue weighted by molar-refractivity contribution is -0.116. The molecular formula is C19H21ClN4O2. The molecule has 0 bridgehead atoms. The van der Waals surface area contributed by atoms with E-state index in [1.54, 1.807) is 25.3 Å². The van der Waals surface area contributed by atoms with Crippen molar-refractivity contribution in [3.05, 3.63) is 51.9 Å². The van der Waals surface area contributed by atoms with Gasteiger partial charge in [0.15, 0.2) is 5.65 Å².